The summed E-state index contributed by atoms with van der Waals surface area (Å²) in [7, 11) is 1.36. The number of amides is 2. The fourth-order valence-corrected chi connectivity index (χ4v) is 2.64. The molecule has 146 valence electrons. The van der Waals surface area contributed by atoms with Gasteiger partial charge in [-0.1, -0.05) is 0 Å². The molecule has 2 amide bonds. The van der Waals surface area contributed by atoms with E-state index in [4.69, 9.17) is 4.74 Å². The Balaban J connectivity index is 1.79. The highest BCUT2D eigenvalue weighted by atomic mass is 19.1. The maximum atomic E-state index is 13.9. The number of ether oxygens (including phenoxy) is 1. The van der Waals surface area contributed by atoms with Crippen molar-refractivity contribution in [1.82, 2.24) is 15.1 Å². The number of nitrogens with one attached hydrogen (secondary N) is 2. The number of phenolic OH excluding ortho intramolecular Hbond substituents is 1. The number of halogens is 1. The molecule has 0 fully saturated rings. The number of nitrogens with zero attached hydrogens (tertiary/aromatic N) is 2. The van der Waals surface area contributed by atoms with Gasteiger partial charge in [0.25, 0.3) is 0 Å². The van der Waals surface area contributed by atoms with Crippen LogP contribution in [0.15, 0.2) is 48.8 Å². The van der Waals surface area contributed by atoms with Crippen molar-refractivity contribution in [3.8, 4) is 28.3 Å². The summed E-state index contributed by atoms with van der Waals surface area (Å²) in [4.78, 5) is 11.7. The van der Waals surface area contributed by atoms with Crippen molar-refractivity contribution in [3.63, 3.8) is 0 Å². The Morgan fingerprint density at radius 1 is 1.21 bits per heavy atom. The van der Waals surface area contributed by atoms with E-state index in [1.807, 2.05) is 13.8 Å². The first-order valence-corrected chi connectivity index (χ1v) is 8.67. The van der Waals surface area contributed by atoms with Crippen LogP contribution in [0.25, 0.3) is 16.8 Å². The molecule has 0 spiro atoms. The van der Waals surface area contributed by atoms with Crippen LogP contribution >= 0.6 is 0 Å². The topological polar surface area (TPSA) is 88.4 Å². The molecule has 3 rings (SSSR count). The van der Waals surface area contributed by atoms with Gasteiger partial charge in [-0.25, -0.2) is 13.9 Å². The fourth-order valence-electron chi connectivity index (χ4n) is 2.64. The van der Waals surface area contributed by atoms with Crippen molar-refractivity contribution >= 4 is 11.7 Å². The second-order valence-corrected chi connectivity index (χ2v) is 6.48. The minimum atomic E-state index is -0.766. The molecule has 3 N–H and O–H groups in total. The predicted molar refractivity (Wildman–Crippen MR) is 104 cm³/mol. The van der Waals surface area contributed by atoms with Gasteiger partial charge in [-0.3, -0.25) is 0 Å². The number of hydrogen-bond donors (Lipinski definition) is 3. The van der Waals surface area contributed by atoms with Gasteiger partial charge in [0.1, 0.15) is 0 Å². The minimum Gasteiger partial charge on any atom is -0.502 e. The molecule has 0 bridgehead atoms. The zero-order chi connectivity index (χ0) is 20.3. The number of methoxy groups -OCH3 is 1. The van der Waals surface area contributed by atoms with Crippen LogP contribution in [0.3, 0.4) is 0 Å². The summed E-state index contributed by atoms with van der Waals surface area (Å²) in [5, 5.41) is 19.4. The number of carbonyl (C=O) groups excluding carboxylic acids is 1. The van der Waals surface area contributed by atoms with E-state index >= 15 is 0 Å². The molecule has 0 atom stereocenters. The summed E-state index contributed by atoms with van der Waals surface area (Å²) in [6, 6.07) is 9.68. The van der Waals surface area contributed by atoms with Gasteiger partial charge in [-0.2, -0.15) is 5.10 Å². The van der Waals surface area contributed by atoms with Crippen LogP contribution in [0.1, 0.15) is 13.8 Å². The zero-order valence-electron chi connectivity index (χ0n) is 15.7. The molecule has 3 aromatic rings. The molecule has 0 saturated carbocycles. The summed E-state index contributed by atoms with van der Waals surface area (Å²) in [6.07, 6.45) is 3.33. The second kappa shape index (κ2) is 7.99. The van der Waals surface area contributed by atoms with E-state index in [1.165, 1.54) is 13.2 Å². The van der Waals surface area contributed by atoms with E-state index in [2.05, 4.69) is 15.7 Å². The molecule has 1 aromatic heterocycles. The first-order valence-electron chi connectivity index (χ1n) is 8.67. The Morgan fingerprint density at radius 3 is 2.57 bits per heavy atom. The summed E-state index contributed by atoms with van der Waals surface area (Å²) in [5.41, 5.74) is 2.62. The van der Waals surface area contributed by atoms with Crippen LogP contribution in [-0.4, -0.2) is 34.1 Å². The lowest BCUT2D eigenvalue weighted by molar-refractivity contribution is 0.250. The lowest BCUT2D eigenvalue weighted by Gasteiger charge is -2.10. The largest absolute Gasteiger partial charge is 0.502 e. The van der Waals surface area contributed by atoms with E-state index in [0.717, 1.165) is 5.69 Å². The van der Waals surface area contributed by atoms with E-state index in [0.29, 0.717) is 16.8 Å². The molecule has 0 radical (unpaired) electrons. The van der Waals surface area contributed by atoms with Gasteiger partial charge >= 0.3 is 6.03 Å². The second-order valence-electron chi connectivity index (χ2n) is 6.48. The van der Waals surface area contributed by atoms with Gasteiger partial charge in [-0.15, -0.1) is 0 Å². The predicted octanol–water partition coefficient (Wildman–Crippen LogP) is 3.92. The van der Waals surface area contributed by atoms with Crippen LogP contribution in [-0.2, 0) is 0 Å². The lowest BCUT2D eigenvalue weighted by Crippen LogP contribution is -2.34. The van der Waals surface area contributed by atoms with Gasteiger partial charge in [0.15, 0.2) is 17.3 Å². The summed E-state index contributed by atoms with van der Waals surface area (Å²) in [6.45, 7) is 3.76. The number of urea groups is 1. The molecule has 0 saturated heterocycles. The molecule has 7 nitrogen and oxygen atoms in total. The number of anilines is 1. The number of benzene rings is 2. The summed E-state index contributed by atoms with van der Waals surface area (Å²) in [5.74, 6) is -1.24. The highest BCUT2D eigenvalue weighted by Crippen LogP contribution is 2.34. The highest BCUT2D eigenvalue weighted by Gasteiger charge is 2.13. The van der Waals surface area contributed by atoms with Gasteiger partial charge in [-0.05, 0) is 55.8 Å². The van der Waals surface area contributed by atoms with Crippen LogP contribution in [0.5, 0.6) is 11.5 Å². The molecule has 2 aromatic carbocycles. The molecule has 0 aliphatic rings. The van der Waals surface area contributed by atoms with Crippen molar-refractivity contribution in [2.24, 2.45) is 0 Å². The molecule has 28 heavy (non-hydrogen) atoms. The average Bonchev–Trinajstić information content (AvgIpc) is 3.14. The first-order chi connectivity index (χ1) is 13.4. The fraction of sp³-hybridized carbons (Fsp3) is 0.200. The Morgan fingerprint density at radius 2 is 1.93 bits per heavy atom. The van der Waals surface area contributed by atoms with Crippen LogP contribution in [0.2, 0.25) is 0 Å². The molecule has 0 aliphatic carbocycles. The Bertz CT molecular complexity index is 984. The van der Waals surface area contributed by atoms with Gasteiger partial charge < -0.3 is 20.5 Å². The van der Waals surface area contributed by atoms with E-state index in [1.54, 1.807) is 47.4 Å². The Kier molecular flexibility index (Phi) is 5.49. The van der Waals surface area contributed by atoms with Crippen LogP contribution < -0.4 is 15.4 Å². The zero-order valence-corrected chi connectivity index (χ0v) is 15.7. The van der Waals surface area contributed by atoms with E-state index in [-0.39, 0.29) is 17.8 Å². The monoisotopic (exact) mass is 384 g/mol. The van der Waals surface area contributed by atoms with E-state index < -0.39 is 11.6 Å². The number of rotatable bonds is 5. The van der Waals surface area contributed by atoms with Crippen molar-refractivity contribution in [3.05, 3.63) is 54.6 Å². The SMILES string of the molecule is COc1cc(-c2cnn(-c3ccc(NC(=O)NC(C)C)cc3)c2)cc(F)c1O. The summed E-state index contributed by atoms with van der Waals surface area (Å²) >= 11 is 0. The molecular weight excluding hydrogens is 363 g/mol. The number of aromatic nitrogens is 2. The molecule has 0 unspecified atom stereocenters. The van der Waals surface area contributed by atoms with Crippen LogP contribution in [0, 0.1) is 5.82 Å². The number of phenols is 1. The highest BCUT2D eigenvalue weighted by molar-refractivity contribution is 5.89. The van der Waals surface area contributed by atoms with Crippen molar-refractivity contribution in [1.29, 1.82) is 0 Å². The number of aromatic hydroxyl groups is 1. The lowest BCUT2D eigenvalue weighted by atomic mass is 10.1. The average molecular weight is 384 g/mol. The minimum absolute atomic E-state index is 0.0464. The maximum Gasteiger partial charge on any atom is 0.319 e. The number of hydrogen-bond acceptors (Lipinski definition) is 4. The normalized spacial score (nSPS) is 10.8. The maximum absolute atomic E-state index is 13.9. The first kappa shape index (κ1) is 19.2. The van der Waals surface area contributed by atoms with Crippen molar-refractivity contribution in [2.75, 3.05) is 12.4 Å². The quantitative estimate of drug-likeness (QED) is 0.622. The van der Waals surface area contributed by atoms with Crippen LogP contribution in [0.4, 0.5) is 14.9 Å². The molecule has 1 heterocycles. The van der Waals surface area contributed by atoms with Gasteiger partial charge in [0.2, 0.25) is 0 Å². The standard InChI is InChI=1S/C20H21FN4O3/c1-12(2)23-20(27)24-15-4-6-16(7-5-15)25-11-14(10-22-25)13-8-17(21)19(26)18(9-13)28-3/h4-12,26H,1-3H3,(H2,23,24,27). The summed E-state index contributed by atoms with van der Waals surface area (Å²) < 4.78 is 20.5. The van der Waals surface area contributed by atoms with Gasteiger partial charge in [0, 0.05) is 23.5 Å². The third-order valence-electron chi connectivity index (χ3n) is 3.97. The molecule has 8 heteroatoms. The van der Waals surface area contributed by atoms with Crippen molar-refractivity contribution in [2.45, 2.75) is 19.9 Å². The Hall–Kier alpha value is -3.55. The number of carbonyl (C=O) groups is 1. The van der Waals surface area contributed by atoms with E-state index in [9.17, 15) is 14.3 Å². The third-order valence-corrected chi connectivity index (χ3v) is 3.97. The smallest absolute Gasteiger partial charge is 0.319 e. The third kappa shape index (κ3) is 4.22. The Labute approximate surface area is 161 Å². The van der Waals surface area contributed by atoms with Gasteiger partial charge in [0.05, 0.1) is 19.0 Å². The van der Waals surface area contributed by atoms with Crippen molar-refractivity contribution < 1.29 is 19.0 Å². The molecular formula is C20H21FN4O3. The molecule has 0 aliphatic heterocycles.